The molecule has 2 aromatic heterocycles. The lowest BCUT2D eigenvalue weighted by Gasteiger charge is -2.06. The van der Waals surface area contributed by atoms with Crippen molar-refractivity contribution < 1.29 is 4.42 Å². The van der Waals surface area contributed by atoms with Crippen molar-refractivity contribution in [2.75, 3.05) is 23.7 Å². The molecule has 19 heavy (non-hydrogen) atoms. The van der Waals surface area contributed by atoms with E-state index in [9.17, 15) is 0 Å². The lowest BCUT2D eigenvalue weighted by molar-refractivity contribution is 0.486. The van der Waals surface area contributed by atoms with Crippen LogP contribution in [-0.4, -0.2) is 23.1 Å². The number of aryl methyl sites for hydroxylation is 1. The fraction of sp³-hybridized carbons (Fsp3) is 0.308. The standard InChI is InChI=1S/C13H15N5O/c1-10-2-3-11(19-10)4-6-15-12-8-13(16-7-5-14)18-9-17-12/h2-3,8-9H,4,6-7H2,1H3,(H2,15,16,17,18). The average Bonchev–Trinajstić information content (AvgIpc) is 2.83. The highest BCUT2D eigenvalue weighted by atomic mass is 16.3. The van der Waals surface area contributed by atoms with Gasteiger partial charge in [0.2, 0.25) is 0 Å². The van der Waals surface area contributed by atoms with Crippen LogP contribution >= 0.6 is 0 Å². The Kier molecular flexibility index (Phi) is 4.34. The van der Waals surface area contributed by atoms with E-state index in [1.165, 1.54) is 6.33 Å². The van der Waals surface area contributed by atoms with Gasteiger partial charge in [-0.05, 0) is 19.1 Å². The molecular weight excluding hydrogens is 242 g/mol. The van der Waals surface area contributed by atoms with E-state index in [0.29, 0.717) is 5.82 Å². The van der Waals surface area contributed by atoms with Crippen LogP contribution in [-0.2, 0) is 6.42 Å². The highest BCUT2D eigenvalue weighted by Gasteiger charge is 2.00. The minimum absolute atomic E-state index is 0.224. The summed E-state index contributed by atoms with van der Waals surface area (Å²) in [5.41, 5.74) is 0. The van der Waals surface area contributed by atoms with Crippen LogP contribution in [0.5, 0.6) is 0 Å². The van der Waals surface area contributed by atoms with Gasteiger partial charge < -0.3 is 15.1 Å². The first-order chi connectivity index (χ1) is 9.28. The van der Waals surface area contributed by atoms with E-state index in [0.717, 1.165) is 30.3 Å². The number of aromatic nitrogens is 2. The molecule has 2 N–H and O–H groups in total. The predicted octanol–water partition coefficient (Wildman–Crippen LogP) is 1.97. The molecule has 0 unspecified atom stereocenters. The largest absolute Gasteiger partial charge is 0.466 e. The minimum Gasteiger partial charge on any atom is -0.466 e. The fourth-order valence-electron chi connectivity index (χ4n) is 1.61. The van der Waals surface area contributed by atoms with Crippen LogP contribution in [0.25, 0.3) is 0 Å². The second-order valence-electron chi connectivity index (χ2n) is 3.99. The van der Waals surface area contributed by atoms with Crippen LogP contribution in [0.15, 0.2) is 28.9 Å². The summed E-state index contributed by atoms with van der Waals surface area (Å²) in [7, 11) is 0. The van der Waals surface area contributed by atoms with E-state index in [4.69, 9.17) is 9.68 Å². The molecule has 6 nitrogen and oxygen atoms in total. The van der Waals surface area contributed by atoms with E-state index in [1.807, 2.05) is 25.1 Å². The van der Waals surface area contributed by atoms with Crippen LogP contribution < -0.4 is 10.6 Å². The van der Waals surface area contributed by atoms with E-state index in [1.54, 1.807) is 6.07 Å². The van der Waals surface area contributed by atoms with Gasteiger partial charge in [0.15, 0.2) is 0 Å². The van der Waals surface area contributed by atoms with Gasteiger partial charge in [-0.2, -0.15) is 5.26 Å². The smallest absolute Gasteiger partial charge is 0.132 e. The Labute approximate surface area is 111 Å². The Morgan fingerprint density at radius 3 is 2.74 bits per heavy atom. The quantitative estimate of drug-likeness (QED) is 0.769. The summed E-state index contributed by atoms with van der Waals surface area (Å²) in [4.78, 5) is 8.12. The topological polar surface area (TPSA) is 86.8 Å². The maximum Gasteiger partial charge on any atom is 0.132 e. The monoisotopic (exact) mass is 257 g/mol. The van der Waals surface area contributed by atoms with Gasteiger partial charge in [0, 0.05) is 19.0 Å². The average molecular weight is 257 g/mol. The Morgan fingerprint density at radius 1 is 1.26 bits per heavy atom. The molecule has 2 heterocycles. The molecule has 6 heteroatoms. The molecule has 0 aliphatic heterocycles. The van der Waals surface area contributed by atoms with Crippen molar-refractivity contribution in [2.45, 2.75) is 13.3 Å². The molecule has 0 radical (unpaired) electrons. The van der Waals surface area contributed by atoms with Crippen LogP contribution in [0, 0.1) is 18.3 Å². The number of hydrogen-bond donors (Lipinski definition) is 2. The zero-order valence-electron chi connectivity index (χ0n) is 10.7. The van der Waals surface area contributed by atoms with Gasteiger partial charge in [-0.25, -0.2) is 9.97 Å². The summed E-state index contributed by atoms with van der Waals surface area (Å²) < 4.78 is 5.48. The zero-order chi connectivity index (χ0) is 13.5. The molecule has 0 atom stereocenters. The third-order valence-electron chi connectivity index (χ3n) is 2.49. The lowest BCUT2D eigenvalue weighted by atomic mass is 10.3. The van der Waals surface area contributed by atoms with E-state index < -0.39 is 0 Å². The van der Waals surface area contributed by atoms with Crippen molar-refractivity contribution in [3.63, 3.8) is 0 Å². The Bertz CT molecular complexity index is 572. The number of nitriles is 1. The van der Waals surface area contributed by atoms with Gasteiger partial charge in [0.1, 0.15) is 36.0 Å². The Hall–Kier alpha value is -2.55. The van der Waals surface area contributed by atoms with Gasteiger partial charge in [0.05, 0.1) is 6.07 Å². The van der Waals surface area contributed by atoms with E-state index >= 15 is 0 Å². The van der Waals surface area contributed by atoms with Crippen molar-refractivity contribution in [1.82, 2.24) is 9.97 Å². The van der Waals surface area contributed by atoms with Gasteiger partial charge in [-0.1, -0.05) is 0 Å². The van der Waals surface area contributed by atoms with Gasteiger partial charge in [-0.3, -0.25) is 0 Å². The molecule has 0 saturated heterocycles. The van der Waals surface area contributed by atoms with Crippen molar-refractivity contribution in [2.24, 2.45) is 0 Å². The summed E-state index contributed by atoms with van der Waals surface area (Å²) in [6, 6.07) is 7.68. The molecule has 98 valence electrons. The van der Waals surface area contributed by atoms with Crippen LogP contribution in [0.3, 0.4) is 0 Å². The molecule has 0 aliphatic rings. The normalized spacial score (nSPS) is 9.89. The molecule has 0 saturated carbocycles. The first kappa shape index (κ1) is 12.9. The molecule has 0 amide bonds. The third kappa shape index (κ3) is 4.00. The summed E-state index contributed by atoms with van der Waals surface area (Å²) in [5.74, 6) is 3.22. The molecule has 0 fully saturated rings. The van der Waals surface area contributed by atoms with E-state index in [-0.39, 0.29) is 6.54 Å². The number of nitrogens with zero attached hydrogens (tertiary/aromatic N) is 3. The molecule has 0 aliphatic carbocycles. The SMILES string of the molecule is Cc1ccc(CCNc2cc(NCC#N)ncn2)o1. The molecule has 0 aromatic carbocycles. The van der Waals surface area contributed by atoms with Crippen LogP contribution in [0.4, 0.5) is 11.6 Å². The van der Waals surface area contributed by atoms with Gasteiger partial charge in [-0.15, -0.1) is 0 Å². The van der Waals surface area contributed by atoms with Crippen LogP contribution in [0.1, 0.15) is 11.5 Å². The Morgan fingerprint density at radius 2 is 2.05 bits per heavy atom. The summed E-state index contributed by atoms with van der Waals surface area (Å²) in [6.07, 6.45) is 2.25. The maximum absolute atomic E-state index is 8.48. The van der Waals surface area contributed by atoms with Crippen molar-refractivity contribution in [3.8, 4) is 6.07 Å². The van der Waals surface area contributed by atoms with Crippen LogP contribution in [0.2, 0.25) is 0 Å². The first-order valence-corrected chi connectivity index (χ1v) is 6.00. The molecule has 0 bridgehead atoms. The molecule has 2 rings (SSSR count). The van der Waals surface area contributed by atoms with Gasteiger partial charge >= 0.3 is 0 Å². The van der Waals surface area contributed by atoms with E-state index in [2.05, 4.69) is 20.6 Å². The molecular formula is C13H15N5O. The second-order valence-corrected chi connectivity index (χ2v) is 3.99. The number of hydrogen-bond acceptors (Lipinski definition) is 6. The highest BCUT2D eigenvalue weighted by molar-refractivity contribution is 5.46. The fourth-order valence-corrected chi connectivity index (χ4v) is 1.61. The van der Waals surface area contributed by atoms with Crippen molar-refractivity contribution >= 4 is 11.6 Å². The molecule has 2 aromatic rings. The summed E-state index contributed by atoms with van der Waals surface area (Å²) in [5, 5.41) is 14.5. The predicted molar refractivity (Wildman–Crippen MR) is 71.8 cm³/mol. The van der Waals surface area contributed by atoms with Crippen molar-refractivity contribution in [3.05, 3.63) is 36.0 Å². The number of nitrogens with one attached hydrogen (secondary N) is 2. The van der Waals surface area contributed by atoms with Crippen molar-refractivity contribution in [1.29, 1.82) is 5.26 Å². The summed E-state index contributed by atoms with van der Waals surface area (Å²) >= 11 is 0. The molecule has 0 spiro atoms. The lowest BCUT2D eigenvalue weighted by Crippen LogP contribution is -2.07. The second kappa shape index (κ2) is 6.40. The minimum atomic E-state index is 0.224. The number of rotatable bonds is 6. The number of anilines is 2. The van der Waals surface area contributed by atoms with Gasteiger partial charge in [0.25, 0.3) is 0 Å². The third-order valence-corrected chi connectivity index (χ3v) is 2.49. The number of furan rings is 1. The highest BCUT2D eigenvalue weighted by Crippen LogP contribution is 2.10. The first-order valence-electron chi connectivity index (χ1n) is 6.00. The Balaban J connectivity index is 1.84. The maximum atomic E-state index is 8.48. The summed E-state index contributed by atoms with van der Waals surface area (Å²) in [6.45, 7) is 2.87. The zero-order valence-corrected chi connectivity index (χ0v) is 10.7.